The Kier molecular flexibility index (Phi) is 3.49. The maximum absolute atomic E-state index is 8.87. The predicted octanol–water partition coefficient (Wildman–Crippen LogP) is 1.24. The molecular formula is C11H15N3. The zero-order chi connectivity index (χ0) is 10.6. The van der Waals surface area contributed by atoms with Gasteiger partial charge in [-0.2, -0.15) is 5.26 Å². The van der Waals surface area contributed by atoms with Crippen molar-refractivity contribution >= 4 is 5.69 Å². The highest BCUT2D eigenvalue weighted by atomic mass is 15.0. The third-order valence-electron chi connectivity index (χ3n) is 2.08. The fourth-order valence-electron chi connectivity index (χ4n) is 1.27. The van der Waals surface area contributed by atoms with Crippen molar-refractivity contribution in [3.05, 3.63) is 29.3 Å². The Morgan fingerprint density at radius 3 is 2.71 bits per heavy atom. The number of likely N-dealkylation sites (N-methyl/N-ethyl adjacent to an activating group) is 1. The summed E-state index contributed by atoms with van der Waals surface area (Å²) < 4.78 is 0. The molecule has 0 fully saturated rings. The topological polar surface area (TPSA) is 53.0 Å². The molecule has 0 radical (unpaired) electrons. The van der Waals surface area contributed by atoms with Gasteiger partial charge in [0.25, 0.3) is 0 Å². The molecule has 0 spiro atoms. The van der Waals surface area contributed by atoms with Crippen molar-refractivity contribution in [1.82, 2.24) is 4.90 Å². The third-order valence-corrected chi connectivity index (χ3v) is 2.08. The fraction of sp³-hybridized carbons (Fsp3) is 0.364. The first-order valence-electron chi connectivity index (χ1n) is 4.56. The molecule has 3 nitrogen and oxygen atoms in total. The molecule has 0 aliphatic carbocycles. The highest BCUT2D eigenvalue weighted by Crippen LogP contribution is 2.13. The maximum atomic E-state index is 8.87. The Bertz CT molecular complexity index is 350. The fourth-order valence-corrected chi connectivity index (χ4v) is 1.27. The van der Waals surface area contributed by atoms with Crippen LogP contribution < -0.4 is 5.73 Å². The molecule has 0 saturated carbocycles. The lowest BCUT2D eigenvalue weighted by Crippen LogP contribution is -2.15. The zero-order valence-corrected chi connectivity index (χ0v) is 8.62. The van der Waals surface area contributed by atoms with Gasteiger partial charge in [0.05, 0.1) is 11.6 Å². The minimum absolute atomic E-state index is 0.720. The highest BCUT2D eigenvalue weighted by Gasteiger charge is 2.02. The summed E-state index contributed by atoms with van der Waals surface area (Å²) in [5.74, 6) is 0. The first-order valence-corrected chi connectivity index (χ1v) is 4.56. The Labute approximate surface area is 84.7 Å². The first kappa shape index (κ1) is 10.6. The van der Waals surface area contributed by atoms with Crippen LogP contribution >= 0.6 is 0 Å². The molecular weight excluding hydrogens is 174 g/mol. The number of nitriles is 1. The van der Waals surface area contributed by atoms with E-state index in [0.717, 1.165) is 29.8 Å². The molecule has 0 bridgehead atoms. The van der Waals surface area contributed by atoms with Gasteiger partial charge in [0.2, 0.25) is 0 Å². The van der Waals surface area contributed by atoms with E-state index < -0.39 is 0 Å². The summed E-state index contributed by atoms with van der Waals surface area (Å²) in [6, 6.07) is 7.59. The largest absolute Gasteiger partial charge is 0.399 e. The number of nitrogens with two attached hydrogens (primary N) is 1. The molecule has 0 atom stereocenters. The second-order valence-corrected chi connectivity index (χ2v) is 3.58. The zero-order valence-electron chi connectivity index (χ0n) is 8.62. The van der Waals surface area contributed by atoms with Crippen molar-refractivity contribution in [1.29, 1.82) is 5.26 Å². The number of anilines is 1. The summed E-state index contributed by atoms with van der Waals surface area (Å²) in [5.41, 5.74) is 8.14. The normalized spacial score (nSPS) is 10.1. The summed E-state index contributed by atoms with van der Waals surface area (Å²) in [5, 5.41) is 8.87. The summed E-state index contributed by atoms with van der Waals surface area (Å²) in [4.78, 5) is 2.09. The number of benzene rings is 1. The van der Waals surface area contributed by atoms with Gasteiger partial charge in [-0.05, 0) is 44.3 Å². The van der Waals surface area contributed by atoms with Crippen LogP contribution in [0.4, 0.5) is 5.69 Å². The average Bonchev–Trinajstić information content (AvgIpc) is 2.15. The molecule has 74 valence electrons. The van der Waals surface area contributed by atoms with Crippen LogP contribution in [0.3, 0.4) is 0 Å². The molecule has 14 heavy (non-hydrogen) atoms. The van der Waals surface area contributed by atoms with Crippen LogP contribution in [0.15, 0.2) is 18.2 Å². The Morgan fingerprint density at radius 1 is 1.43 bits per heavy atom. The summed E-state index contributed by atoms with van der Waals surface area (Å²) >= 11 is 0. The third kappa shape index (κ3) is 2.75. The Hall–Kier alpha value is -1.53. The monoisotopic (exact) mass is 189 g/mol. The quantitative estimate of drug-likeness (QED) is 0.728. The lowest BCUT2D eigenvalue weighted by atomic mass is 10.0. The van der Waals surface area contributed by atoms with Gasteiger partial charge in [0.1, 0.15) is 0 Å². The van der Waals surface area contributed by atoms with Crippen molar-refractivity contribution in [2.24, 2.45) is 0 Å². The first-order chi connectivity index (χ1) is 6.63. The Morgan fingerprint density at radius 2 is 2.14 bits per heavy atom. The van der Waals surface area contributed by atoms with E-state index in [-0.39, 0.29) is 0 Å². The van der Waals surface area contributed by atoms with Gasteiger partial charge < -0.3 is 10.6 Å². The van der Waals surface area contributed by atoms with Crippen molar-refractivity contribution in [2.75, 3.05) is 26.4 Å². The molecule has 0 saturated heterocycles. The molecule has 2 N–H and O–H groups in total. The van der Waals surface area contributed by atoms with Crippen molar-refractivity contribution in [3.8, 4) is 6.07 Å². The Balaban J connectivity index is 2.84. The van der Waals surface area contributed by atoms with Crippen LogP contribution in [0.25, 0.3) is 0 Å². The molecule has 3 heteroatoms. The molecule has 1 rings (SSSR count). The van der Waals surface area contributed by atoms with E-state index in [2.05, 4.69) is 11.0 Å². The molecule has 1 aromatic carbocycles. The summed E-state index contributed by atoms with van der Waals surface area (Å²) in [6.45, 7) is 0.929. The minimum Gasteiger partial charge on any atom is -0.399 e. The van der Waals surface area contributed by atoms with Gasteiger partial charge >= 0.3 is 0 Å². The van der Waals surface area contributed by atoms with Crippen LogP contribution in [0.1, 0.15) is 11.1 Å². The average molecular weight is 189 g/mol. The predicted molar refractivity (Wildman–Crippen MR) is 57.8 cm³/mol. The smallest absolute Gasteiger partial charge is 0.0994 e. The van der Waals surface area contributed by atoms with Gasteiger partial charge in [-0.1, -0.05) is 0 Å². The van der Waals surface area contributed by atoms with Gasteiger partial charge in [0.15, 0.2) is 0 Å². The summed E-state index contributed by atoms with van der Waals surface area (Å²) in [7, 11) is 4.02. The molecule has 0 aliphatic rings. The second kappa shape index (κ2) is 4.64. The van der Waals surface area contributed by atoms with E-state index in [4.69, 9.17) is 11.0 Å². The number of rotatable bonds is 3. The van der Waals surface area contributed by atoms with E-state index >= 15 is 0 Å². The minimum atomic E-state index is 0.720. The maximum Gasteiger partial charge on any atom is 0.0994 e. The number of hydrogen-bond donors (Lipinski definition) is 1. The van der Waals surface area contributed by atoms with Crippen LogP contribution in [-0.2, 0) is 6.42 Å². The number of hydrogen-bond acceptors (Lipinski definition) is 3. The van der Waals surface area contributed by atoms with E-state index in [1.54, 1.807) is 12.1 Å². The molecule has 1 aromatic rings. The van der Waals surface area contributed by atoms with Crippen LogP contribution in [0.2, 0.25) is 0 Å². The van der Waals surface area contributed by atoms with E-state index in [1.807, 2.05) is 20.2 Å². The lowest BCUT2D eigenvalue weighted by Gasteiger charge is -2.10. The highest BCUT2D eigenvalue weighted by molar-refractivity contribution is 5.49. The van der Waals surface area contributed by atoms with Crippen LogP contribution in [0.5, 0.6) is 0 Å². The molecule has 0 heterocycles. The van der Waals surface area contributed by atoms with Gasteiger partial charge in [0, 0.05) is 12.2 Å². The molecule has 0 aromatic heterocycles. The molecule has 0 unspecified atom stereocenters. The second-order valence-electron chi connectivity index (χ2n) is 3.58. The molecule has 0 amide bonds. The van der Waals surface area contributed by atoms with Gasteiger partial charge in [-0.15, -0.1) is 0 Å². The van der Waals surface area contributed by atoms with E-state index in [0.29, 0.717) is 0 Å². The number of nitrogen functional groups attached to an aromatic ring is 1. The van der Waals surface area contributed by atoms with Crippen molar-refractivity contribution in [2.45, 2.75) is 6.42 Å². The number of nitrogens with zero attached hydrogens (tertiary/aromatic N) is 2. The van der Waals surface area contributed by atoms with Crippen LogP contribution in [0, 0.1) is 11.3 Å². The van der Waals surface area contributed by atoms with Gasteiger partial charge in [-0.3, -0.25) is 0 Å². The van der Waals surface area contributed by atoms with Crippen molar-refractivity contribution in [3.63, 3.8) is 0 Å². The lowest BCUT2D eigenvalue weighted by molar-refractivity contribution is 0.413. The van der Waals surface area contributed by atoms with E-state index in [9.17, 15) is 0 Å². The standard InChI is InChI=1S/C11H15N3/c1-14(2)6-5-9-7-11(13)4-3-10(9)8-12/h3-4,7H,5-6,13H2,1-2H3. The summed E-state index contributed by atoms with van der Waals surface area (Å²) in [6.07, 6.45) is 0.862. The van der Waals surface area contributed by atoms with E-state index in [1.165, 1.54) is 0 Å². The SMILES string of the molecule is CN(C)CCc1cc(N)ccc1C#N. The van der Waals surface area contributed by atoms with Crippen LogP contribution in [-0.4, -0.2) is 25.5 Å². The molecule has 0 aliphatic heterocycles. The van der Waals surface area contributed by atoms with Gasteiger partial charge in [-0.25, -0.2) is 0 Å². The van der Waals surface area contributed by atoms with Crippen molar-refractivity contribution < 1.29 is 0 Å².